The monoisotopic (exact) mass is 610 g/mol. The maximum atomic E-state index is 7.59. The van der Waals surface area contributed by atoms with Gasteiger partial charge < -0.3 is 4.12 Å². The van der Waals surface area contributed by atoms with E-state index in [1.807, 2.05) is 0 Å². The summed E-state index contributed by atoms with van der Waals surface area (Å²) in [6.45, 7) is 33.8. The molecule has 0 aromatic rings. The smallest absolute Gasteiger partial charge is 0.195 e. The molecular weight excluding hydrogens is 566 g/mol. The van der Waals surface area contributed by atoms with E-state index in [1.54, 1.807) is 0 Å². The minimum Gasteiger partial charge on any atom is -0.453 e. The van der Waals surface area contributed by atoms with Crippen molar-refractivity contribution in [3.63, 3.8) is 0 Å². The van der Waals surface area contributed by atoms with Crippen molar-refractivity contribution in [3.8, 4) is 0 Å². The van der Waals surface area contributed by atoms with Gasteiger partial charge in [-0.1, -0.05) is 128 Å². The molecule has 0 aromatic carbocycles. The molecule has 0 aliphatic carbocycles. The van der Waals surface area contributed by atoms with Gasteiger partial charge in [0.15, 0.2) is 16.6 Å². The molecule has 4 atom stereocenters. The highest BCUT2D eigenvalue weighted by Gasteiger charge is 2.60. The van der Waals surface area contributed by atoms with Gasteiger partial charge in [-0.25, -0.2) is 0 Å². The second kappa shape index (κ2) is 7.94. The minimum atomic E-state index is -2.03. The van der Waals surface area contributed by atoms with Gasteiger partial charge in [0.25, 0.3) is 0 Å². The maximum absolute atomic E-state index is 7.59. The van der Waals surface area contributed by atoms with Gasteiger partial charge in [-0.2, -0.15) is 0 Å². The zero-order valence-electron chi connectivity index (χ0n) is 19.3. The SMILES string of the molecule is CC(C)(C)C(I)[Si](C)(O[Si](C)(C(I)C(C)(C)C)C(C)(C)C)C(C)(C)C. The topological polar surface area (TPSA) is 9.23 Å². The first-order valence-electron chi connectivity index (χ1n) is 9.50. The fourth-order valence-electron chi connectivity index (χ4n) is 3.26. The van der Waals surface area contributed by atoms with Gasteiger partial charge in [-0.05, 0) is 34.0 Å². The molecule has 5 heteroatoms. The molecule has 0 N–H and O–H groups in total. The summed E-state index contributed by atoms with van der Waals surface area (Å²) in [5, 5.41) is 0.416. The van der Waals surface area contributed by atoms with E-state index in [0.717, 1.165) is 0 Å². The molecule has 0 heterocycles. The Bertz CT molecular complexity index is 412. The third kappa shape index (κ3) is 5.92. The van der Waals surface area contributed by atoms with E-state index in [1.165, 1.54) is 0 Å². The summed E-state index contributed by atoms with van der Waals surface area (Å²) in [6, 6.07) is 0. The summed E-state index contributed by atoms with van der Waals surface area (Å²) in [4.78, 5) is 0. The summed E-state index contributed by atoms with van der Waals surface area (Å²) in [5.41, 5.74) is 0.509. The zero-order valence-corrected chi connectivity index (χ0v) is 25.6. The lowest BCUT2D eigenvalue weighted by Gasteiger charge is -2.57. The van der Waals surface area contributed by atoms with Crippen molar-refractivity contribution in [2.24, 2.45) is 10.8 Å². The van der Waals surface area contributed by atoms with E-state index in [2.05, 4.69) is 141 Å². The van der Waals surface area contributed by atoms with Crippen LogP contribution in [-0.2, 0) is 4.12 Å². The van der Waals surface area contributed by atoms with Crippen LogP contribution in [0.3, 0.4) is 0 Å². The second-order valence-electron chi connectivity index (χ2n) is 12.3. The van der Waals surface area contributed by atoms with Crippen molar-refractivity contribution in [3.05, 3.63) is 0 Å². The van der Waals surface area contributed by atoms with Crippen LogP contribution in [0.1, 0.15) is 83.1 Å². The second-order valence-corrected chi connectivity index (χ2v) is 26.5. The third-order valence-electron chi connectivity index (χ3n) is 5.89. The van der Waals surface area contributed by atoms with Crippen LogP contribution in [0.2, 0.25) is 23.2 Å². The highest BCUT2D eigenvalue weighted by molar-refractivity contribution is 14.1. The van der Waals surface area contributed by atoms with E-state index < -0.39 is 16.6 Å². The number of hydrogen-bond donors (Lipinski definition) is 0. The minimum absolute atomic E-state index is 0.208. The normalized spacial score (nSPS) is 22.1. The quantitative estimate of drug-likeness (QED) is 0.176. The molecule has 0 saturated carbocycles. The first-order chi connectivity index (χ1) is 10.5. The van der Waals surface area contributed by atoms with Gasteiger partial charge in [0.2, 0.25) is 0 Å². The van der Waals surface area contributed by atoms with Gasteiger partial charge in [0.05, 0.1) is 0 Å². The zero-order chi connectivity index (χ0) is 20.9. The van der Waals surface area contributed by atoms with Gasteiger partial charge in [0.1, 0.15) is 0 Å². The predicted octanol–water partition coefficient (Wildman–Crippen LogP) is 8.53. The molecule has 0 aliphatic heterocycles. The van der Waals surface area contributed by atoms with Crippen molar-refractivity contribution in [2.45, 2.75) is 113 Å². The van der Waals surface area contributed by atoms with Crippen LogP contribution in [0.4, 0.5) is 0 Å². The standard InChI is InChI=1S/C20H44I2OSi2/c1-17(2,3)15(21)24(13,19(7,8)9)23-25(14,20(10,11)12)16(22)18(4,5)6/h15-16H,1-14H3. The average Bonchev–Trinajstić information content (AvgIpc) is 2.31. The summed E-state index contributed by atoms with van der Waals surface area (Å²) in [5.74, 6) is 0. The van der Waals surface area contributed by atoms with Crippen molar-refractivity contribution in [1.82, 2.24) is 0 Å². The van der Waals surface area contributed by atoms with Crippen molar-refractivity contribution >= 4 is 61.8 Å². The first-order valence-corrected chi connectivity index (χ1v) is 17.0. The Morgan fingerprint density at radius 2 is 0.760 bits per heavy atom. The fourth-order valence-corrected chi connectivity index (χ4v) is 22.8. The summed E-state index contributed by atoms with van der Waals surface area (Å²) >= 11 is 5.44. The lowest BCUT2D eigenvalue weighted by molar-refractivity contribution is 0.355. The van der Waals surface area contributed by atoms with E-state index in [4.69, 9.17) is 4.12 Å². The molecule has 0 spiro atoms. The number of alkyl halides is 2. The lowest BCUT2D eigenvalue weighted by Crippen LogP contribution is -2.68. The Kier molecular flexibility index (Phi) is 8.53. The van der Waals surface area contributed by atoms with Crippen molar-refractivity contribution in [1.29, 1.82) is 0 Å². The molecule has 0 amide bonds. The molecule has 0 saturated heterocycles. The van der Waals surface area contributed by atoms with Crippen molar-refractivity contribution < 1.29 is 4.12 Å². The highest BCUT2D eigenvalue weighted by atomic mass is 127. The lowest BCUT2D eigenvalue weighted by atomic mass is 10.0. The maximum Gasteiger partial charge on any atom is 0.195 e. The number of hydrogen-bond acceptors (Lipinski definition) is 1. The molecule has 0 aromatic heterocycles. The molecule has 1 nitrogen and oxygen atoms in total. The first kappa shape index (κ1) is 26.9. The largest absolute Gasteiger partial charge is 0.453 e. The van der Waals surface area contributed by atoms with Crippen molar-refractivity contribution in [2.75, 3.05) is 0 Å². The number of halogens is 2. The summed E-state index contributed by atoms with van der Waals surface area (Å²) < 4.78 is 8.72. The van der Waals surface area contributed by atoms with Gasteiger partial charge in [-0.3, -0.25) is 0 Å². The van der Waals surface area contributed by atoms with E-state index in [9.17, 15) is 0 Å². The Morgan fingerprint density at radius 3 is 0.880 bits per heavy atom. The van der Waals surface area contributed by atoms with Crippen LogP contribution >= 0.6 is 45.2 Å². The Morgan fingerprint density at radius 1 is 0.560 bits per heavy atom. The van der Waals surface area contributed by atoms with Crippen LogP contribution in [0.5, 0.6) is 0 Å². The molecule has 0 radical (unpaired) electrons. The Labute approximate surface area is 188 Å². The third-order valence-corrected chi connectivity index (χ3v) is 29.8. The van der Waals surface area contributed by atoms with Crippen LogP contribution in [0.25, 0.3) is 0 Å². The Balaban J connectivity index is 6.41. The van der Waals surface area contributed by atoms with Gasteiger partial charge in [0, 0.05) is 7.10 Å². The number of rotatable bonds is 4. The highest BCUT2D eigenvalue weighted by Crippen LogP contribution is 2.54. The summed E-state index contributed by atoms with van der Waals surface area (Å²) in [7, 11) is -4.07. The molecule has 0 rings (SSSR count). The molecule has 0 aliphatic rings. The molecule has 4 unspecified atom stereocenters. The van der Waals surface area contributed by atoms with Crippen LogP contribution in [0, 0.1) is 10.8 Å². The van der Waals surface area contributed by atoms with Crippen LogP contribution in [-0.4, -0.2) is 23.7 Å². The Hall–Kier alpha value is 1.85. The molecule has 152 valence electrons. The van der Waals surface area contributed by atoms with Gasteiger partial charge >= 0.3 is 0 Å². The predicted molar refractivity (Wildman–Crippen MR) is 138 cm³/mol. The molecule has 25 heavy (non-hydrogen) atoms. The summed E-state index contributed by atoms with van der Waals surface area (Å²) in [6.07, 6.45) is 0. The molecule has 0 fully saturated rings. The van der Waals surface area contributed by atoms with Crippen LogP contribution in [0.15, 0.2) is 0 Å². The van der Waals surface area contributed by atoms with E-state index >= 15 is 0 Å². The average molecular weight is 611 g/mol. The van der Waals surface area contributed by atoms with Crippen LogP contribution < -0.4 is 0 Å². The fraction of sp³-hybridized carbons (Fsp3) is 1.00. The molecular formula is C20H44I2OSi2. The van der Waals surface area contributed by atoms with E-state index in [0.29, 0.717) is 7.10 Å². The van der Waals surface area contributed by atoms with Gasteiger partial charge in [-0.15, -0.1) is 0 Å². The van der Waals surface area contributed by atoms with E-state index in [-0.39, 0.29) is 20.9 Å². The molecule has 0 bridgehead atoms.